The lowest BCUT2D eigenvalue weighted by atomic mass is 10.1. The maximum Gasteiger partial charge on any atom is 0.189 e. The minimum atomic E-state index is 0.328. The van der Waals surface area contributed by atoms with Crippen molar-refractivity contribution in [1.29, 1.82) is 0 Å². The summed E-state index contributed by atoms with van der Waals surface area (Å²) in [5, 5.41) is 3.63. The van der Waals surface area contributed by atoms with Crippen LogP contribution in [0.3, 0.4) is 0 Å². The number of thioether (sulfide) groups is 1. The molecule has 1 aliphatic rings. The molecule has 0 aromatic rings. The fourth-order valence-electron chi connectivity index (χ4n) is 1.39. The Morgan fingerprint density at radius 1 is 1.69 bits per heavy atom. The number of carbonyl (C=O) groups excluding carboxylic acids is 1. The number of carbonyl (C=O) groups is 1. The summed E-state index contributed by atoms with van der Waals surface area (Å²) in [7, 11) is 0. The monoisotopic (exact) mass is 199 g/mol. The Bertz CT molecular complexity index is 201. The van der Waals surface area contributed by atoms with Gasteiger partial charge in [-0.1, -0.05) is 30.3 Å². The number of hydrogen-bond donors (Lipinski definition) is 1. The summed E-state index contributed by atoms with van der Waals surface area (Å²) in [6, 6.07) is 0. The Morgan fingerprint density at radius 2 is 2.54 bits per heavy atom. The number of hydrogen-bond acceptors (Lipinski definition) is 3. The molecule has 1 rings (SSSR count). The first-order valence-corrected chi connectivity index (χ1v) is 5.85. The molecule has 0 spiro atoms. The zero-order chi connectivity index (χ0) is 9.52. The van der Waals surface area contributed by atoms with Gasteiger partial charge in [0.05, 0.1) is 0 Å². The zero-order valence-electron chi connectivity index (χ0n) is 8.14. The van der Waals surface area contributed by atoms with Gasteiger partial charge in [-0.2, -0.15) is 0 Å². The molecule has 0 unspecified atom stereocenters. The molecule has 1 heterocycles. The smallest absolute Gasteiger partial charge is 0.189 e. The Hall–Kier alpha value is -0.280. The van der Waals surface area contributed by atoms with Gasteiger partial charge in [0.1, 0.15) is 0 Å². The van der Waals surface area contributed by atoms with Crippen LogP contribution in [0, 0.1) is 0 Å². The van der Waals surface area contributed by atoms with Crippen LogP contribution in [0.4, 0.5) is 0 Å². The van der Waals surface area contributed by atoms with E-state index in [9.17, 15) is 4.79 Å². The van der Waals surface area contributed by atoms with E-state index in [1.54, 1.807) is 0 Å². The molecule has 0 amide bonds. The zero-order valence-corrected chi connectivity index (χ0v) is 8.95. The molecular weight excluding hydrogens is 182 g/mol. The number of nitrogens with one attached hydrogen (secondary N) is 1. The second-order valence-corrected chi connectivity index (χ2v) is 4.45. The van der Waals surface area contributed by atoms with E-state index < -0.39 is 0 Å². The van der Waals surface area contributed by atoms with Crippen molar-refractivity contribution in [3.63, 3.8) is 0 Å². The molecule has 0 fully saturated rings. The standard InChI is InChI=1S/C10H17NOS/c1-2-13-10(12)6-5-9-4-3-7-11-8-9/h4,11H,2-3,5-8H2,1H3. The quantitative estimate of drug-likeness (QED) is 0.702. The van der Waals surface area contributed by atoms with Crippen molar-refractivity contribution in [3.8, 4) is 0 Å². The molecule has 3 heteroatoms. The van der Waals surface area contributed by atoms with Crippen LogP contribution < -0.4 is 5.32 Å². The fraction of sp³-hybridized carbons (Fsp3) is 0.700. The summed E-state index contributed by atoms with van der Waals surface area (Å²) >= 11 is 1.43. The molecule has 0 bridgehead atoms. The summed E-state index contributed by atoms with van der Waals surface area (Å²) < 4.78 is 0. The van der Waals surface area contributed by atoms with Crippen LogP contribution in [0.5, 0.6) is 0 Å². The maximum atomic E-state index is 11.2. The highest BCUT2D eigenvalue weighted by molar-refractivity contribution is 8.13. The van der Waals surface area contributed by atoms with Crippen molar-refractivity contribution in [2.24, 2.45) is 0 Å². The molecule has 0 aliphatic carbocycles. The van der Waals surface area contributed by atoms with Crippen LogP contribution in [0.25, 0.3) is 0 Å². The lowest BCUT2D eigenvalue weighted by molar-refractivity contribution is -0.110. The summed E-state index contributed by atoms with van der Waals surface area (Å²) in [5.41, 5.74) is 1.40. The van der Waals surface area contributed by atoms with E-state index in [0.29, 0.717) is 11.5 Å². The van der Waals surface area contributed by atoms with Gasteiger partial charge in [0, 0.05) is 13.0 Å². The normalized spacial score (nSPS) is 16.8. The minimum Gasteiger partial charge on any atom is -0.313 e. The molecule has 13 heavy (non-hydrogen) atoms. The van der Waals surface area contributed by atoms with Gasteiger partial charge in [-0.05, 0) is 25.1 Å². The maximum absolute atomic E-state index is 11.2. The van der Waals surface area contributed by atoms with Crippen LogP contribution in [0.2, 0.25) is 0 Å². The second kappa shape index (κ2) is 6.22. The van der Waals surface area contributed by atoms with Crippen molar-refractivity contribution >= 4 is 16.9 Å². The van der Waals surface area contributed by atoms with Gasteiger partial charge in [0.2, 0.25) is 0 Å². The van der Waals surface area contributed by atoms with Gasteiger partial charge in [-0.15, -0.1) is 0 Å². The molecule has 0 aromatic carbocycles. The Kier molecular flexibility index (Phi) is 5.16. The van der Waals surface area contributed by atoms with Gasteiger partial charge < -0.3 is 5.32 Å². The molecule has 0 saturated carbocycles. The molecule has 0 radical (unpaired) electrons. The van der Waals surface area contributed by atoms with Crippen LogP contribution >= 0.6 is 11.8 Å². The molecular formula is C10H17NOS. The highest BCUT2D eigenvalue weighted by Crippen LogP contribution is 2.13. The third-order valence-electron chi connectivity index (χ3n) is 2.06. The third-order valence-corrected chi connectivity index (χ3v) is 2.88. The van der Waals surface area contributed by atoms with Gasteiger partial charge in [-0.25, -0.2) is 0 Å². The molecule has 1 aliphatic heterocycles. The number of rotatable bonds is 4. The second-order valence-electron chi connectivity index (χ2n) is 3.13. The van der Waals surface area contributed by atoms with Crippen molar-refractivity contribution in [2.45, 2.75) is 26.2 Å². The van der Waals surface area contributed by atoms with E-state index in [2.05, 4.69) is 11.4 Å². The average Bonchev–Trinajstić information content (AvgIpc) is 2.17. The SMILES string of the molecule is CCSC(=O)CCC1=CCCNC1. The highest BCUT2D eigenvalue weighted by Gasteiger charge is 2.06. The molecule has 0 saturated heterocycles. The van der Waals surface area contributed by atoms with E-state index in [-0.39, 0.29) is 0 Å². The van der Waals surface area contributed by atoms with Crippen LogP contribution in [-0.2, 0) is 4.79 Å². The molecule has 0 aromatic heterocycles. The summed E-state index contributed by atoms with van der Waals surface area (Å²) in [4.78, 5) is 11.2. The van der Waals surface area contributed by atoms with Crippen molar-refractivity contribution < 1.29 is 4.79 Å². The first kappa shape index (κ1) is 10.8. The third kappa shape index (κ3) is 4.48. The molecule has 1 N–H and O–H groups in total. The van der Waals surface area contributed by atoms with Crippen LogP contribution in [0.15, 0.2) is 11.6 Å². The van der Waals surface area contributed by atoms with Crippen LogP contribution in [0.1, 0.15) is 26.2 Å². The summed E-state index contributed by atoms with van der Waals surface area (Å²) in [5.74, 6) is 0.899. The Labute approximate surface area is 84.2 Å². The van der Waals surface area contributed by atoms with Gasteiger partial charge in [-0.3, -0.25) is 4.79 Å². The molecule has 74 valence electrons. The summed E-state index contributed by atoms with van der Waals surface area (Å²) in [6.07, 6.45) is 5.02. The summed E-state index contributed by atoms with van der Waals surface area (Å²) in [6.45, 7) is 4.08. The van der Waals surface area contributed by atoms with E-state index in [4.69, 9.17) is 0 Å². The van der Waals surface area contributed by atoms with E-state index in [1.807, 2.05) is 6.92 Å². The van der Waals surface area contributed by atoms with Gasteiger partial charge in [0.25, 0.3) is 0 Å². The van der Waals surface area contributed by atoms with Crippen LogP contribution in [-0.4, -0.2) is 24.0 Å². The predicted molar refractivity (Wildman–Crippen MR) is 57.9 cm³/mol. The largest absolute Gasteiger partial charge is 0.313 e. The molecule has 0 atom stereocenters. The molecule has 2 nitrogen and oxygen atoms in total. The van der Waals surface area contributed by atoms with E-state index >= 15 is 0 Å². The fourth-order valence-corrected chi connectivity index (χ4v) is 1.95. The van der Waals surface area contributed by atoms with Crippen molar-refractivity contribution in [2.75, 3.05) is 18.8 Å². The predicted octanol–water partition coefficient (Wildman–Crippen LogP) is 1.97. The minimum absolute atomic E-state index is 0.328. The lowest BCUT2D eigenvalue weighted by Crippen LogP contribution is -2.22. The Morgan fingerprint density at radius 3 is 3.15 bits per heavy atom. The van der Waals surface area contributed by atoms with E-state index in [0.717, 1.165) is 31.7 Å². The Balaban J connectivity index is 2.17. The van der Waals surface area contributed by atoms with Crippen molar-refractivity contribution in [1.82, 2.24) is 5.32 Å². The highest BCUT2D eigenvalue weighted by atomic mass is 32.2. The first-order chi connectivity index (χ1) is 6.33. The van der Waals surface area contributed by atoms with E-state index in [1.165, 1.54) is 17.3 Å². The van der Waals surface area contributed by atoms with Gasteiger partial charge >= 0.3 is 0 Å². The van der Waals surface area contributed by atoms with Crippen molar-refractivity contribution in [3.05, 3.63) is 11.6 Å². The lowest BCUT2D eigenvalue weighted by Gasteiger charge is -2.13. The topological polar surface area (TPSA) is 29.1 Å². The van der Waals surface area contributed by atoms with Gasteiger partial charge in [0.15, 0.2) is 5.12 Å². The first-order valence-electron chi connectivity index (χ1n) is 4.87. The average molecular weight is 199 g/mol.